The van der Waals surface area contributed by atoms with Gasteiger partial charge in [-0.15, -0.1) is 0 Å². The molecule has 0 amide bonds. The number of methoxy groups -OCH3 is 1. The van der Waals surface area contributed by atoms with E-state index >= 15 is 0 Å². The van der Waals surface area contributed by atoms with Crippen molar-refractivity contribution in [3.05, 3.63) is 29.3 Å². The van der Waals surface area contributed by atoms with Gasteiger partial charge in [0.15, 0.2) is 5.78 Å². The summed E-state index contributed by atoms with van der Waals surface area (Å²) < 4.78 is 5.29. The second kappa shape index (κ2) is 5.80. The summed E-state index contributed by atoms with van der Waals surface area (Å²) in [6, 6.07) is 5.87. The van der Waals surface area contributed by atoms with E-state index in [9.17, 15) is 4.79 Å². The van der Waals surface area contributed by atoms with Crippen LogP contribution in [0.15, 0.2) is 18.2 Å². The van der Waals surface area contributed by atoms with Crippen LogP contribution in [-0.2, 0) is 0 Å². The summed E-state index contributed by atoms with van der Waals surface area (Å²) in [6.07, 6.45) is 6.07. The number of Topliss-reactive ketones (excluding diaryl/α,β-unsaturated/α-hetero) is 1. The van der Waals surface area contributed by atoms with Crippen LogP contribution in [0, 0.1) is 12.8 Å². The quantitative estimate of drug-likeness (QED) is 0.778. The maximum absolute atomic E-state index is 12.8. The van der Waals surface area contributed by atoms with Gasteiger partial charge in [-0.3, -0.25) is 4.79 Å². The molecule has 2 aliphatic heterocycles. The molecule has 3 heteroatoms. The third-order valence-corrected chi connectivity index (χ3v) is 6.10. The van der Waals surface area contributed by atoms with E-state index in [-0.39, 0.29) is 5.92 Å². The number of hydrogen-bond donors (Lipinski definition) is 0. The first-order valence-corrected chi connectivity index (χ1v) is 8.45. The summed E-state index contributed by atoms with van der Waals surface area (Å²) in [4.78, 5) is 12.8. The van der Waals surface area contributed by atoms with Gasteiger partial charge in [-0.2, -0.15) is 11.8 Å². The van der Waals surface area contributed by atoms with Gasteiger partial charge in [0, 0.05) is 22.0 Å². The Morgan fingerprint density at radius 3 is 2.55 bits per heavy atom. The number of ether oxygens (including phenoxy) is 1. The summed E-state index contributed by atoms with van der Waals surface area (Å²) in [5.74, 6) is 1.33. The zero-order chi connectivity index (χ0) is 14.1. The molecular weight excluding hydrogens is 268 g/mol. The van der Waals surface area contributed by atoms with Crippen molar-refractivity contribution in [2.75, 3.05) is 7.11 Å². The normalized spacial score (nSPS) is 29.0. The fourth-order valence-corrected chi connectivity index (χ4v) is 5.35. The number of thioether (sulfide) groups is 1. The van der Waals surface area contributed by atoms with Crippen LogP contribution < -0.4 is 4.74 Å². The standard InChI is InChI=1S/C17H22O2S/c1-11-6-12(8-14(7-11)19-2)17(18)13-9-15-4-3-5-16(10-13)20-15/h6-8,13,15-16H,3-5,9-10H2,1-2H3. The van der Waals surface area contributed by atoms with Crippen LogP contribution in [0.25, 0.3) is 0 Å². The van der Waals surface area contributed by atoms with E-state index in [2.05, 4.69) is 11.8 Å². The van der Waals surface area contributed by atoms with E-state index in [1.54, 1.807) is 7.11 Å². The van der Waals surface area contributed by atoms with Crippen molar-refractivity contribution in [2.45, 2.75) is 49.5 Å². The van der Waals surface area contributed by atoms with Gasteiger partial charge in [0.1, 0.15) is 5.75 Å². The molecule has 0 aliphatic carbocycles. The number of benzene rings is 1. The molecule has 108 valence electrons. The third-order valence-electron chi connectivity index (χ3n) is 4.47. The van der Waals surface area contributed by atoms with Gasteiger partial charge >= 0.3 is 0 Å². The molecular formula is C17H22O2S. The maximum Gasteiger partial charge on any atom is 0.166 e. The Morgan fingerprint density at radius 2 is 1.90 bits per heavy atom. The first-order valence-electron chi connectivity index (χ1n) is 7.51. The van der Waals surface area contributed by atoms with E-state index in [4.69, 9.17) is 4.74 Å². The molecule has 2 saturated heterocycles. The summed E-state index contributed by atoms with van der Waals surface area (Å²) in [6.45, 7) is 2.02. The van der Waals surface area contributed by atoms with Gasteiger partial charge in [-0.1, -0.05) is 6.42 Å². The minimum atomic E-state index is 0.220. The number of fused-ring (bicyclic) bond motifs is 2. The average molecular weight is 290 g/mol. The van der Waals surface area contributed by atoms with Crippen LogP contribution in [-0.4, -0.2) is 23.4 Å². The molecule has 3 rings (SSSR count). The molecule has 0 radical (unpaired) electrons. The third kappa shape index (κ3) is 2.88. The average Bonchev–Trinajstić information content (AvgIpc) is 2.45. The van der Waals surface area contributed by atoms with E-state index in [0.29, 0.717) is 16.3 Å². The summed E-state index contributed by atoms with van der Waals surface area (Å²) in [7, 11) is 1.66. The lowest BCUT2D eigenvalue weighted by Crippen LogP contribution is -2.32. The lowest BCUT2D eigenvalue weighted by atomic mass is 9.84. The summed E-state index contributed by atoms with van der Waals surface area (Å²) in [5, 5.41) is 1.42. The van der Waals surface area contributed by atoms with Crippen LogP contribution in [0.4, 0.5) is 0 Å². The Balaban J connectivity index is 1.80. The second-order valence-electron chi connectivity index (χ2n) is 6.08. The number of carbonyl (C=O) groups excluding carboxylic acids is 1. The molecule has 0 saturated carbocycles. The Bertz CT molecular complexity index is 500. The highest BCUT2D eigenvalue weighted by molar-refractivity contribution is 8.00. The van der Waals surface area contributed by atoms with E-state index < -0.39 is 0 Å². The highest BCUT2D eigenvalue weighted by Gasteiger charge is 2.35. The molecule has 20 heavy (non-hydrogen) atoms. The number of aryl methyl sites for hydroxylation is 1. The predicted molar refractivity (Wildman–Crippen MR) is 83.8 cm³/mol. The SMILES string of the molecule is COc1cc(C)cc(C(=O)C2CC3CCCC(C2)S3)c1. The molecule has 2 atom stereocenters. The second-order valence-corrected chi connectivity index (χ2v) is 7.69. The number of ketones is 1. The van der Waals surface area contributed by atoms with Gasteiger partial charge in [-0.05, 0) is 56.4 Å². The van der Waals surface area contributed by atoms with Crippen molar-refractivity contribution in [1.29, 1.82) is 0 Å². The van der Waals surface area contributed by atoms with Crippen LogP contribution in [0.3, 0.4) is 0 Å². The van der Waals surface area contributed by atoms with Crippen molar-refractivity contribution in [3.8, 4) is 5.75 Å². The molecule has 0 aromatic heterocycles. The van der Waals surface area contributed by atoms with Gasteiger partial charge in [-0.25, -0.2) is 0 Å². The zero-order valence-corrected chi connectivity index (χ0v) is 13.0. The first kappa shape index (κ1) is 14.0. The molecule has 1 aromatic carbocycles. The Kier molecular flexibility index (Phi) is 4.06. The van der Waals surface area contributed by atoms with E-state index in [1.165, 1.54) is 19.3 Å². The lowest BCUT2D eigenvalue weighted by molar-refractivity contribution is 0.0896. The number of rotatable bonds is 3. The van der Waals surface area contributed by atoms with Gasteiger partial charge in [0.05, 0.1) is 7.11 Å². The summed E-state index contributed by atoms with van der Waals surface area (Å²) >= 11 is 2.12. The molecule has 2 fully saturated rings. The fourth-order valence-electron chi connectivity index (χ4n) is 3.52. The number of carbonyl (C=O) groups is 1. The molecule has 0 N–H and O–H groups in total. The van der Waals surface area contributed by atoms with Crippen LogP contribution >= 0.6 is 11.8 Å². The van der Waals surface area contributed by atoms with Crippen molar-refractivity contribution in [2.24, 2.45) is 5.92 Å². The highest BCUT2D eigenvalue weighted by atomic mass is 32.2. The molecule has 1 aromatic rings. The van der Waals surface area contributed by atoms with Crippen molar-refractivity contribution >= 4 is 17.5 Å². The first-order chi connectivity index (χ1) is 9.65. The largest absolute Gasteiger partial charge is 0.497 e. The van der Waals surface area contributed by atoms with E-state index in [1.807, 2.05) is 25.1 Å². The van der Waals surface area contributed by atoms with Crippen molar-refractivity contribution < 1.29 is 9.53 Å². The Labute approximate surface area is 125 Å². The van der Waals surface area contributed by atoms with Gasteiger partial charge in [0.25, 0.3) is 0 Å². The zero-order valence-electron chi connectivity index (χ0n) is 12.2. The lowest BCUT2D eigenvalue weighted by Gasteiger charge is -2.38. The number of hydrogen-bond acceptors (Lipinski definition) is 3. The molecule has 0 spiro atoms. The molecule has 2 heterocycles. The van der Waals surface area contributed by atoms with Crippen molar-refractivity contribution in [3.63, 3.8) is 0 Å². The molecule has 2 unspecified atom stereocenters. The van der Waals surface area contributed by atoms with Crippen LogP contribution in [0.5, 0.6) is 5.75 Å². The smallest absolute Gasteiger partial charge is 0.166 e. The predicted octanol–water partition coefficient (Wildman–Crippen LogP) is 4.25. The van der Waals surface area contributed by atoms with Crippen LogP contribution in [0.2, 0.25) is 0 Å². The Morgan fingerprint density at radius 1 is 1.20 bits per heavy atom. The van der Waals surface area contributed by atoms with Gasteiger partial charge in [0.2, 0.25) is 0 Å². The van der Waals surface area contributed by atoms with E-state index in [0.717, 1.165) is 29.7 Å². The van der Waals surface area contributed by atoms with Crippen LogP contribution in [0.1, 0.15) is 48.0 Å². The highest BCUT2D eigenvalue weighted by Crippen LogP contribution is 2.44. The van der Waals surface area contributed by atoms with Gasteiger partial charge < -0.3 is 4.74 Å². The molecule has 2 bridgehead atoms. The monoisotopic (exact) mass is 290 g/mol. The minimum Gasteiger partial charge on any atom is -0.497 e. The topological polar surface area (TPSA) is 26.3 Å². The minimum absolute atomic E-state index is 0.220. The molecule has 2 nitrogen and oxygen atoms in total. The van der Waals surface area contributed by atoms with Crippen molar-refractivity contribution in [1.82, 2.24) is 0 Å². The molecule has 2 aliphatic rings. The Hall–Kier alpha value is -0.960. The fraction of sp³-hybridized carbons (Fsp3) is 0.588. The summed E-state index contributed by atoms with van der Waals surface area (Å²) in [5.41, 5.74) is 1.93. The maximum atomic E-state index is 12.8.